The van der Waals surface area contributed by atoms with Crippen LogP contribution in [0.4, 0.5) is 13.2 Å². The van der Waals surface area contributed by atoms with Crippen LogP contribution in [0.25, 0.3) is 27.6 Å². The van der Waals surface area contributed by atoms with Crippen LogP contribution in [0, 0.1) is 0 Å². The van der Waals surface area contributed by atoms with E-state index in [-0.39, 0.29) is 5.69 Å². The van der Waals surface area contributed by atoms with Crippen molar-refractivity contribution >= 4 is 21.9 Å². The number of aryl methyl sites for hydroxylation is 1. The van der Waals surface area contributed by atoms with Crippen LogP contribution in [0.15, 0.2) is 59.5 Å². The van der Waals surface area contributed by atoms with Gasteiger partial charge < -0.3 is 0 Å². The molecule has 0 radical (unpaired) electrons. The molecule has 0 spiro atoms. The highest BCUT2D eigenvalue weighted by Crippen LogP contribution is 2.31. The average molecular weight is 343 g/mol. The molecule has 4 rings (SSSR count). The third-order valence-corrected chi connectivity index (χ3v) is 4.22. The minimum Gasteiger partial charge on any atom is -0.293 e. The van der Waals surface area contributed by atoms with Gasteiger partial charge in [-0.2, -0.15) is 13.2 Å². The molecule has 2 heterocycles. The number of rotatable bonds is 1. The Hall–Kier alpha value is -3.09. The summed E-state index contributed by atoms with van der Waals surface area (Å²) in [7, 11) is 1.57. The van der Waals surface area contributed by atoms with E-state index in [1.807, 2.05) is 6.07 Å². The first-order chi connectivity index (χ1) is 11.9. The van der Waals surface area contributed by atoms with Crippen LogP contribution in [0.5, 0.6) is 0 Å². The largest absolute Gasteiger partial charge is 0.416 e. The topological polar surface area (TPSA) is 39.8 Å². The van der Waals surface area contributed by atoms with Gasteiger partial charge in [0.15, 0.2) is 0 Å². The van der Waals surface area contributed by atoms with Crippen LogP contribution >= 0.6 is 0 Å². The lowest BCUT2D eigenvalue weighted by molar-refractivity contribution is -0.137. The van der Waals surface area contributed by atoms with E-state index in [1.54, 1.807) is 31.4 Å². The molecule has 0 aliphatic carbocycles. The monoisotopic (exact) mass is 343 g/mol. The maximum Gasteiger partial charge on any atom is 0.416 e. The van der Waals surface area contributed by atoms with Crippen LogP contribution in [0.1, 0.15) is 5.56 Å². The van der Waals surface area contributed by atoms with Crippen LogP contribution in [-0.2, 0) is 13.2 Å². The number of hydrogen-bond donors (Lipinski definition) is 0. The molecule has 0 saturated carbocycles. The summed E-state index contributed by atoms with van der Waals surface area (Å²) in [5, 5.41) is 0.704. The second kappa shape index (κ2) is 5.20. The van der Waals surface area contributed by atoms with Crippen molar-refractivity contribution in [1.82, 2.24) is 14.1 Å². The molecule has 0 fully saturated rings. The number of benzene rings is 2. The van der Waals surface area contributed by atoms with E-state index in [1.165, 1.54) is 21.3 Å². The quantitative estimate of drug-likeness (QED) is 0.526. The summed E-state index contributed by atoms with van der Waals surface area (Å²) in [6.07, 6.45) is -2.92. The third-order valence-electron chi connectivity index (χ3n) is 4.22. The summed E-state index contributed by atoms with van der Waals surface area (Å²) < 4.78 is 41.8. The molecular weight excluding hydrogens is 331 g/mol. The highest BCUT2D eigenvalue weighted by Gasteiger charge is 2.31. The fourth-order valence-electron chi connectivity index (χ4n) is 3.01. The summed E-state index contributed by atoms with van der Waals surface area (Å²) in [6.45, 7) is 0. The van der Waals surface area contributed by atoms with Gasteiger partial charge in [0.1, 0.15) is 0 Å². The van der Waals surface area contributed by atoms with Crippen molar-refractivity contribution in [2.45, 2.75) is 6.18 Å². The van der Waals surface area contributed by atoms with Crippen molar-refractivity contribution in [2.75, 3.05) is 0 Å². The minimum absolute atomic E-state index is 0.168. The van der Waals surface area contributed by atoms with Gasteiger partial charge in [-0.15, -0.1) is 0 Å². The van der Waals surface area contributed by atoms with Gasteiger partial charge >= 0.3 is 11.9 Å². The van der Waals surface area contributed by atoms with Crippen molar-refractivity contribution < 1.29 is 13.2 Å². The molecule has 0 N–H and O–H groups in total. The SMILES string of the molecule is Cn1c(=O)n(-c2cccc(C(F)(F)F)c2)c2c3ccccc3ncc21. The van der Waals surface area contributed by atoms with E-state index >= 15 is 0 Å². The molecule has 4 nitrogen and oxygen atoms in total. The molecule has 126 valence electrons. The van der Waals surface area contributed by atoms with Gasteiger partial charge in [0.25, 0.3) is 0 Å². The molecule has 2 aromatic carbocycles. The maximum atomic E-state index is 13.1. The first-order valence-electron chi connectivity index (χ1n) is 7.51. The predicted octanol–water partition coefficient (Wildman–Crippen LogP) is 3.90. The van der Waals surface area contributed by atoms with Crippen LogP contribution in [0.2, 0.25) is 0 Å². The molecular formula is C18H12F3N3O. The van der Waals surface area contributed by atoms with Gasteiger partial charge in [0.05, 0.1) is 34.0 Å². The number of aromatic nitrogens is 3. The van der Waals surface area contributed by atoms with E-state index in [4.69, 9.17) is 0 Å². The number of fused-ring (bicyclic) bond motifs is 3. The second-order valence-electron chi connectivity index (χ2n) is 5.73. The van der Waals surface area contributed by atoms with Gasteiger partial charge in [-0.25, -0.2) is 4.79 Å². The summed E-state index contributed by atoms with van der Waals surface area (Å²) in [4.78, 5) is 17.0. The van der Waals surface area contributed by atoms with Crippen molar-refractivity contribution in [3.05, 3.63) is 70.8 Å². The average Bonchev–Trinajstić information content (AvgIpc) is 2.86. The molecule has 0 atom stereocenters. The number of halogens is 3. The Bertz CT molecular complexity index is 1170. The standard InChI is InChI=1S/C18H12F3N3O/c1-23-15-10-22-14-8-3-2-7-13(14)16(15)24(17(23)25)12-6-4-5-11(9-12)18(19,20)21/h2-10H,1H3. The Balaban J connectivity index is 2.14. The fraction of sp³-hybridized carbons (Fsp3) is 0.111. The van der Waals surface area contributed by atoms with E-state index in [9.17, 15) is 18.0 Å². The molecule has 0 aliphatic rings. The number of imidazole rings is 1. The second-order valence-corrected chi connectivity index (χ2v) is 5.73. The molecule has 2 aromatic heterocycles. The zero-order valence-electron chi connectivity index (χ0n) is 13.1. The number of pyridine rings is 1. The predicted molar refractivity (Wildman–Crippen MR) is 88.8 cm³/mol. The van der Waals surface area contributed by atoms with Crippen molar-refractivity contribution in [3.8, 4) is 5.69 Å². The number of nitrogens with zero attached hydrogens (tertiary/aromatic N) is 3. The summed E-state index contributed by atoms with van der Waals surface area (Å²) >= 11 is 0. The van der Waals surface area contributed by atoms with Crippen molar-refractivity contribution in [1.29, 1.82) is 0 Å². The van der Waals surface area contributed by atoms with Gasteiger partial charge in [-0.05, 0) is 24.3 Å². The molecule has 4 aromatic rings. The summed E-state index contributed by atoms with van der Waals surface area (Å²) in [6, 6.07) is 12.0. The molecule has 25 heavy (non-hydrogen) atoms. The minimum atomic E-state index is -4.48. The van der Waals surface area contributed by atoms with E-state index < -0.39 is 17.4 Å². The van der Waals surface area contributed by atoms with E-state index in [2.05, 4.69) is 4.98 Å². The van der Waals surface area contributed by atoms with E-state index in [0.717, 1.165) is 12.1 Å². The summed E-state index contributed by atoms with van der Waals surface area (Å²) in [5.74, 6) is 0. The number of hydrogen-bond acceptors (Lipinski definition) is 2. The maximum absolute atomic E-state index is 13.1. The smallest absolute Gasteiger partial charge is 0.293 e. The summed E-state index contributed by atoms with van der Waals surface area (Å²) in [5.41, 5.74) is 0.710. The third kappa shape index (κ3) is 2.31. The highest BCUT2D eigenvalue weighted by molar-refractivity contribution is 6.02. The van der Waals surface area contributed by atoms with Gasteiger partial charge in [-0.3, -0.25) is 14.1 Å². The lowest BCUT2D eigenvalue weighted by atomic mass is 10.1. The molecule has 0 saturated heterocycles. The van der Waals surface area contributed by atoms with Crippen LogP contribution in [-0.4, -0.2) is 14.1 Å². The lowest BCUT2D eigenvalue weighted by Gasteiger charge is -2.10. The Kier molecular flexibility index (Phi) is 3.21. The Labute approximate surface area is 139 Å². The highest BCUT2D eigenvalue weighted by atomic mass is 19.4. The van der Waals surface area contributed by atoms with Crippen molar-refractivity contribution in [2.24, 2.45) is 7.05 Å². The molecule has 7 heteroatoms. The Morgan fingerprint density at radius 1 is 1.04 bits per heavy atom. The number of alkyl halides is 3. The molecule has 0 amide bonds. The van der Waals surface area contributed by atoms with E-state index in [0.29, 0.717) is 21.9 Å². The normalized spacial score (nSPS) is 12.2. The zero-order valence-corrected chi connectivity index (χ0v) is 13.1. The Morgan fingerprint density at radius 3 is 2.56 bits per heavy atom. The first kappa shape index (κ1) is 15.4. The first-order valence-corrected chi connectivity index (χ1v) is 7.51. The molecule has 0 bridgehead atoms. The van der Waals surface area contributed by atoms with Gasteiger partial charge in [-0.1, -0.05) is 24.3 Å². The molecule has 0 unspecified atom stereocenters. The fourth-order valence-corrected chi connectivity index (χ4v) is 3.01. The lowest BCUT2D eigenvalue weighted by Crippen LogP contribution is -2.21. The van der Waals surface area contributed by atoms with Crippen LogP contribution in [0.3, 0.4) is 0 Å². The van der Waals surface area contributed by atoms with Gasteiger partial charge in [0.2, 0.25) is 0 Å². The van der Waals surface area contributed by atoms with Crippen LogP contribution < -0.4 is 5.69 Å². The van der Waals surface area contributed by atoms with Crippen molar-refractivity contribution in [3.63, 3.8) is 0 Å². The zero-order chi connectivity index (χ0) is 17.8. The molecule has 0 aliphatic heterocycles. The Morgan fingerprint density at radius 2 is 1.80 bits per heavy atom. The van der Waals surface area contributed by atoms with Gasteiger partial charge in [0, 0.05) is 12.4 Å². The number of para-hydroxylation sites is 1.